The van der Waals surface area contributed by atoms with Crippen molar-refractivity contribution in [3.05, 3.63) is 50.6 Å². The molecular formula is C19H14ClF2N5O2S2. The van der Waals surface area contributed by atoms with Gasteiger partial charge in [0.25, 0.3) is 18.2 Å². The fraction of sp³-hybridized carbons (Fsp3) is 0.158. The van der Waals surface area contributed by atoms with Crippen LogP contribution in [0.15, 0.2) is 24.4 Å². The molecule has 0 spiro atoms. The lowest BCUT2D eigenvalue weighted by Crippen LogP contribution is -2.17. The fourth-order valence-electron chi connectivity index (χ4n) is 3.08. The Morgan fingerprint density at radius 1 is 1.29 bits per heavy atom. The number of primary amides is 1. The predicted molar refractivity (Wildman–Crippen MR) is 117 cm³/mol. The van der Waals surface area contributed by atoms with E-state index in [1.54, 1.807) is 13.1 Å². The second kappa shape index (κ2) is 7.98. The van der Waals surface area contributed by atoms with Gasteiger partial charge < -0.3 is 11.1 Å². The molecule has 0 aromatic carbocycles. The van der Waals surface area contributed by atoms with Crippen LogP contribution in [0.3, 0.4) is 0 Å². The van der Waals surface area contributed by atoms with Gasteiger partial charge in [-0.1, -0.05) is 11.6 Å². The normalized spacial score (nSPS) is 11.4. The number of alkyl halides is 2. The van der Waals surface area contributed by atoms with Crippen LogP contribution < -0.4 is 11.1 Å². The standard InChI is InChI=1S/C19H14ClF2N5O2S2/c1-7-3-4-11(30-7)8-5-10(16(21)22)24-19-12(8)14(15(31-19)17(23)28)25-18(29)13-9(20)6-27(2)26-13/h3-6,16H,1-2H3,(H2,23,28)(H,25,29). The van der Waals surface area contributed by atoms with E-state index in [-0.39, 0.29) is 26.1 Å². The van der Waals surface area contributed by atoms with Gasteiger partial charge in [-0.05, 0) is 25.1 Å². The number of aromatic nitrogens is 3. The molecule has 0 atom stereocenters. The molecule has 0 radical (unpaired) electrons. The van der Waals surface area contributed by atoms with Gasteiger partial charge in [-0.25, -0.2) is 13.8 Å². The highest BCUT2D eigenvalue weighted by Gasteiger charge is 2.26. The average Bonchev–Trinajstić information content (AvgIpc) is 3.38. The van der Waals surface area contributed by atoms with Crippen LogP contribution in [-0.2, 0) is 7.05 Å². The van der Waals surface area contributed by atoms with E-state index in [0.29, 0.717) is 15.8 Å². The number of carbonyl (C=O) groups excluding carboxylic acids is 2. The molecular weight excluding hydrogens is 468 g/mol. The molecule has 4 rings (SSSR count). The monoisotopic (exact) mass is 481 g/mol. The molecule has 0 aliphatic carbocycles. The molecule has 4 heterocycles. The molecule has 0 aliphatic heterocycles. The predicted octanol–water partition coefficient (Wildman–Crippen LogP) is 5.01. The summed E-state index contributed by atoms with van der Waals surface area (Å²) in [5, 5.41) is 7.12. The zero-order chi connectivity index (χ0) is 22.4. The number of fused-ring (bicyclic) bond motifs is 1. The van der Waals surface area contributed by atoms with E-state index < -0.39 is 23.9 Å². The first-order valence-electron chi connectivity index (χ1n) is 8.78. The van der Waals surface area contributed by atoms with Crippen LogP contribution in [0.2, 0.25) is 5.02 Å². The molecule has 2 amide bonds. The fourth-order valence-corrected chi connectivity index (χ4v) is 5.25. The van der Waals surface area contributed by atoms with E-state index in [1.165, 1.54) is 28.3 Å². The molecule has 0 saturated heterocycles. The molecule has 0 saturated carbocycles. The van der Waals surface area contributed by atoms with Gasteiger partial charge in [0.05, 0.1) is 10.7 Å². The Balaban J connectivity index is 1.96. The van der Waals surface area contributed by atoms with Gasteiger partial charge >= 0.3 is 0 Å². The van der Waals surface area contributed by atoms with Crippen LogP contribution in [0.1, 0.15) is 37.2 Å². The summed E-state index contributed by atoms with van der Waals surface area (Å²) in [6.45, 7) is 1.88. The third kappa shape index (κ3) is 3.91. The molecule has 0 unspecified atom stereocenters. The number of amides is 2. The van der Waals surface area contributed by atoms with Crippen LogP contribution >= 0.6 is 34.3 Å². The molecule has 4 aromatic rings. The van der Waals surface area contributed by atoms with E-state index in [2.05, 4.69) is 15.4 Å². The van der Waals surface area contributed by atoms with Crippen molar-refractivity contribution in [1.82, 2.24) is 14.8 Å². The van der Waals surface area contributed by atoms with Crippen molar-refractivity contribution in [1.29, 1.82) is 0 Å². The summed E-state index contributed by atoms with van der Waals surface area (Å²) >= 11 is 8.29. The molecule has 0 fully saturated rings. The summed E-state index contributed by atoms with van der Waals surface area (Å²) in [5.74, 6) is -1.49. The maximum atomic E-state index is 13.5. The van der Waals surface area contributed by atoms with Crippen molar-refractivity contribution >= 4 is 62.0 Å². The van der Waals surface area contributed by atoms with Gasteiger partial charge in [0.15, 0.2) is 5.69 Å². The molecule has 160 valence electrons. The number of pyridine rings is 1. The summed E-state index contributed by atoms with van der Waals surface area (Å²) in [6, 6.07) is 4.90. The molecule has 3 N–H and O–H groups in total. The lowest BCUT2D eigenvalue weighted by Gasteiger charge is -2.09. The number of rotatable bonds is 5. The largest absolute Gasteiger partial charge is 0.365 e. The first-order chi connectivity index (χ1) is 14.7. The Labute approximate surface area is 187 Å². The topological polar surface area (TPSA) is 103 Å². The highest BCUT2D eigenvalue weighted by Crippen LogP contribution is 2.44. The van der Waals surface area contributed by atoms with Gasteiger partial charge in [-0.3, -0.25) is 14.3 Å². The van der Waals surface area contributed by atoms with Crippen molar-refractivity contribution in [3.63, 3.8) is 0 Å². The number of halogens is 3. The number of nitrogens with zero attached hydrogens (tertiary/aromatic N) is 3. The van der Waals surface area contributed by atoms with Crippen LogP contribution in [0.25, 0.3) is 20.7 Å². The molecule has 31 heavy (non-hydrogen) atoms. The number of hydrogen-bond donors (Lipinski definition) is 2. The van der Waals surface area contributed by atoms with Crippen molar-refractivity contribution in [3.8, 4) is 10.4 Å². The lowest BCUT2D eigenvalue weighted by atomic mass is 10.1. The summed E-state index contributed by atoms with van der Waals surface area (Å²) in [6.07, 6.45) is -1.36. The number of aryl methyl sites for hydroxylation is 2. The van der Waals surface area contributed by atoms with E-state index in [9.17, 15) is 18.4 Å². The maximum absolute atomic E-state index is 13.5. The molecule has 0 aliphatic rings. The van der Waals surface area contributed by atoms with Crippen LogP contribution in [0.4, 0.5) is 14.5 Å². The van der Waals surface area contributed by atoms with Crippen LogP contribution in [0, 0.1) is 6.92 Å². The van der Waals surface area contributed by atoms with Gasteiger partial charge in [-0.2, -0.15) is 5.10 Å². The summed E-state index contributed by atoms with van der Waals surface area (Å²) in [5.41, 5.74) is 5.55. The van der Waals surface area contributed by atoms with Crippen molar-refractivity contribution in [2.75, 3.05) is 5.32 Å². The van der Waals surface area contributed by atoms with Gasteiger partial charge in [0, 0.05) is 33.9 Å². The first kappa shape index (κ1) is 21.3. The second-order valence-corrected chi connectivity index (χ2v) is 9.30. The number of anilines is 1. The summed E-state index contributed by atoms with van der Waals surface area (Å²) in [7, 11) is 1.60. The van der Waals surface area contributed by atoms with Crippen LogP contribution in [-0.4, -0.2) is 26.6 Å². The van der Waals surface area contributed by atoms with E-state index in [0.717, 1.165) is 16.2 Å². The minimum Gasteiger partial charge on any atom is -0.365 e. The SMILES string of the molecule is Cc1ccc(-c2cc(C(F)F)nc3sc(C(N)=O)c(NC(=O)c4nn(C)cc4Cl)c23)s1. The number of nitrogens with one attached hydrogen (secondary N) is 1. The number of carbonyl (C=O) groups is 2. The number of nitrogens with two attached hydrogens (primary N) is 1. The van der Waals surface area contributed by atoms with E-state index >= 15 is 0 Å². The molecule has 12 heteroatoms. The van der Waals surface area contributed by atoms with Crippen molar-refractivity contribution in [2.45, 2.75) is 13.3 Å². The highest BCUT2D eigenvalue weighted by atomic mass is 35.5. The van der Waals surface area contributed by atoms with E-state index in [1.807, 2.05) is 13.0 Å². The van der Waals surface area contributed by atoms with Crippen molar-refractivity contribution < 1.29 is 18.4 Å². The smallest absolute Gasteiger partial charge is 0.280 e. The Bertz CT molecular complexity index is 1340. The third-order valence-electron chi connectivity index (χ3n) is 4.37. The van der Waals surface area contributed by atoms with Crippen LogP contribution in [0.5, 0.6) is 0 Å². The van der Waals surface area contributed by atoms with Crippen molar-refractivity contribution in [2.24, 2.45) is 12.8 Å². The Morgan fingerprint density at radius 2 is 2.03 bits per heavy atom. The number of thiophene rings is 2. The highest BCUT2D eigenvalue weighted by molar-refractivity contribution is 7.21. The second-order valence-electron chi connectivity index (χ2n) is 6.61. The van der Waals surface area contributed by atoms with Gasteiger partial charge in [0.1, 0.15) is 15.4 Å². The minimum absolute atomic E-state index is 0.0103. The van der Waals surface area contributed by atoms with E-state index in [4.69, 9.17) is 17.3 Å². The third-order valence-corrected chi connectivity index (χ3v) is 6.78. The Morgan fingerprint density at radius 3 is 2.58 bits per heavy atom. The zero-order valence-corrected chi connectivity index (χ0v) is 18.5. The zero-order valence-electron chi connectivity index (χ0n) is 16.1. The summed E-state index contributed by atoms with van der Waals surface area (Å²) in [4.78, 5) is 30.8. The van der Waals surface area contributed by atoms with Gasteiger partial charge in [-0.15, -0.1) is 22.7 Å². The Hall–Kier alpha value is -2.89. The Kier molecular flexibility index (Phi) is 5.50. The molecule has 4 aromatic heterocycles. The molecule has 7 nitrogen and oxygen atoms in total. The summed E-state index contributed by atoms with van der Waals surface area (Å²) < 4.78 is 28.4. The molecule has 0 bridgehead atoms. The minimum atomic E-state index is -2.81. The number of hydrogen-bond acceptors (Lipinski definition) is 6. The quantitative estimate of drug-likeness (QED) is 0.418. The lowest BCUT2D eigenvalue weighted by molar-refractivity contribution is 0.100. The average molecular weight is 482 g/mol. The first-order valence-corrected chi connectivity index (χ1v) is 10.8. The maximum Gasteiger partial charge on any atom is 0.280 e. The van der Waals surface area contributed by atoms with Gasteiger partial charge in [0.2, 0.25) is 0 Å².